The van der Waals surface area contributed by atoms with E-state index in [1.807, 2.05) is 175 Å². The van der Waals surface area contributed by atoms with Crippen molar-refractivity contribution in [3.05, 3.63) is 335 Å². The molecule has 0 spiro atoms. The van der Waals surface area contributed by atoms with Crippen LogP contribution in [0.1, 0.15) is 214 Å². The molecule has 38 heteroatoms. The van der Waals surface area contributed by atoms with Crippen molar-refractivity contribution in [1.82, 2.24) is 56.1 Å². The monoisotopic (exact) mass is 2110 g/mol. The van der Waals surface area contributed by atoms with Gasteiger partial charge < -0.3 is 77.0 Å². The molecule has 4 aliphatic rings. The summed E-state index contributed by atoms with van der Waals surface area (Å²) in [4.78, 5) is 106. The molecular formula is C105H120Cl4F2N22O5S5. The van der Waals surface area contributed by atoms with Crippen molar-refractivity contribution < 1.29 is 32.8 Å². The SMILES string of the molecule is CCc1sc(C(CN)NC(=O)C2=CC(C)=C(c3ccc(Cl)cc3)C2)nc1C.CCc1sc(C(CN)NC(=O)c2ccc(-c3ccc(Cl)cc3)n2C)nc1C.CCc1sc(C(CN=C(N)N)NC(=O)C2=CC=C(c3ccc(C)c(F)c3)C2)nc1C.CCc1sc(C(CN=C(N)N)NC(=O)C2=CC=C(c3ccc(Cl)c(F)c3)C2)nc1C.CCc1sc(C(CN=C(N)N)NC(=O)C2=CC=C(c3ccc(Cl)cc3)C2)nc1C. The summed E-state index contributed by atoms with van der Waals surface area (Å²) in [6, 6.07) is 34.5. The standard InChI is InChI=1S/C22H26FN5OS.C21H23ClFN5OS.C21H24ClN5OS.C21H24ClN3OS.C20H23ClN4OS/c1-4-19-13(3)27-21(30-19)18(11-26-22(24)25)28-20(29)16-8-7-14(9-16)15-6-5-12(2)17(23)10-15;1-3-18-11(2)27-20(30-18)17(10-26-21(24)25)28-19(29)14-5-4-12(8-14)13-6-7-15(22)16(23)9-13;1-3-18-12(2)26-20(29-18)17(11-25-21(23)24)27-19(28)15-5-4-14(10-15)13-6-8-16(22)9-7-13;1-4-19-13(3)24-21(27-19)18(11-23)25-20(26)15-9-12(2)17(10-15)14-5-7-16(22)8-6-14;1-4-18-12(2)23-20(27-18)15(11-22)24-19(26)17-10-9-16(25(17)3)13-5-7-14(21)8-6-13/h5-8,10,18H,4,9,11H2,1-3H3,(H,28,29)(H4,24,25,26);4-7,9,17H,3,8,10H2,1-2H3,(H,28,29)(H4,24,25,26);4-9,17H,3,10-11H2,1-2H3,(H,27,28)(H4,23,24,25);5-9,18H,4,10-11,23H2,1-3H3,(H,25,26);5-10,15H,4,11,22H2,1-3H3,(H,24,26). The van der Waals surface area contributed by atoms with E-state index in [-0.39, 0.29) is 96.0 Å². The Morgan fingerprint density at radius 2 is 0.685 bits per heavy atom. The van der Waals surface area contributed by atoms with Crippen LogP contribution in [-0.2, 0) is 58.3 Å². The quantitative estimate of drug-likeness (QED) is 0.0134. The maximum absolute atomic E-state index is 13.9. The average molecular weight is 2110 g/mol. The second-order valence-corrected chi connectivity index (χ2v) is 41.2. The van der Waals surface area contributed by atoms with Crippen LogP contribution in [0.2, 0.25) is 20.1 Å². The maximum Gasteiger partial charge on any atom is 0.268 e. The minimum atomic E-state index is -0.490. The van der Waals surface area contributed by atoms with E-state index in [2.05, 4.69) is 101 Å². The van der Waals surface area contributed by atoms with Crippen LogP contribution in [0.3, 0.4) is 0 Å². The maximum atomic E-state index is 13.9. The van der Waals surface area contributed by atoms with Gasteiger partial charge in [-0.25, -0.2) is 33.7 Å². The molecule has 0 saturated carbocycles. The summed E-state index contributed by atoms with van der Waals surface area (Å²) in [5.74, 6) is -1.69. The highest BCUT2D eigenvalue weighted by atomic mass is 35.5. The fourth-order valence-electron chi connectivity index (χ4n) is 15.8. The lowest BCUT2D eigenvalue weighted by Crippen LogP contribution is -2.34. The van der Waals surface area contributed by atoms with Crippen LogP contribution in [0, 0.1) is 53.2 Å². The van der Waals surface area contributed by atoms with Gasteiger partial charge in [-0.05, 0) is 215 Å². The number of benzene rings is 5. The Kier molecular flexibility index (Phi) is 40.5. The highest BCUT2D eigenvalue weighted by Gasteiger charge is 2.31. The van der Waals surface area contributed by atoms with E-state index in [1.165, 1.54) is 37.7 Å². The van der Waals surface area contributed by atoms with Gasteiger partial charge in [0.05, 0.1) is 65.2 Å². The summed E-state index contributed by atoms with van der Waals surface area (Å²) in [5.41, 5.74) is 64.0. The van der Waals surface area contributed by atoms with Gasteiger partial charge in [0.15, 0.2) is 17.9 Å². The van der Waals surface area contributed by atoms with Gasteiger partial charge in [-0.15, -0.1) is 56.7 Å². The van der Waals surface area contributed by atoms with Crippen molar-refractivity contribution in [3.8, 4) is 11.3 Å². The number of carbonyl (C=O) groups is 5. The number of hydrogen-bond acceptors (Lipinski definition) is 20. The van der Waals surface area contributed by atoms with E-state index in [0.29, 0.717) is 87.4 Å². The summed E-state index contributed by atoms with van der Waals surface area (Å²) in [7, 11) is 1.87. The van der Waals surface area contributed by atoms with E-state index in [9.17, 15) is 32.8 Å². The molecule has 5 aromatic carbocycles. The van der Waals surface area contributed by atoms with Crippen molar-refractivity contribution in [3.63, 3.8) is 0 Å². The molecule has 21 N–H and O–H groups in total. The molecule has 0 radical (unpaired) electrons. The van der Waals surface area contributed by atoms with Crippen molar-refractivity contribution >= 4 is 173 Å². The molecule has 15 rings (SSSR count). The highest BCUT2D eigenvalue weighted by Crippen LogP contribution is 2.39. The number of rotatable bonds is 33. The summed E-state index contributed by atoms with van der Waals surface area (Å²) in [5, 5.41) is 21.3. The first kappa shape index (κ1) is 111. The zero-order valence-electron chi connectivity index (χ0n) is 81.9. The Labute approximate surface area is 872 Å². The van der Waals surface area contributed by atoms with Crippen LogP contribution in [0.25, 0.3) is 33.5 Å². The van der Waals surface area contributed by atoms with Crippen LogP contribution in [0.15, 0.2) is 207 Å². The van der Waals surface area contributed by atoms with Crippen LogP contribution in [0.4, 0.5) is 8.78 Å². The van der Waals surface area contributed by atoms with E-state index in [0.717, 1.165) is 152 Å². The number of aliphatic imine (C=N–C) groups is 3. The number of nitrogens with zero attached hydrogens (tertiary/aromatic N) is 9. The number of hydrogen-bond donors (Lipinski definition) is 13. The Bertz CT molecular complexity index is 6650. The number of nitrogens with one attached hydrogen (secondary N) is 5. The molecular weight excluding hydrogens is 1990 g/mol. The Morgan fingerprint density at radius 3 is 1.02 bits per heavy atom. The zero-order chi connectivity index (χ0) is 104. The third kappa shape index (κ3) is 30.1. The number of nitrogens with two attached hydrogens (primary N) is 8. The lowest BCUT2D eigenvalue weighted by atomic mass is 10.0. The number of allylic oxidation sites excluding steroid dienone is 12. The lowest BCUT2D eigenvalue weighted by molar-refractivity contribution is -0.119. The number of amides is 5. The Hall–Kier alpha value is -12.5. The number of thiazole rings is 5. The van der Waals surface area contributed by atoms with E-state index >= 15 is 0 Å². The minimum Gasteiger partial charge on any atom is -0.370 e. The summed E-state index contributed by atoms with van der Waals surface area (Å²) in [6.07, 6.45) is 19.4. The first-order valence-electron chi connectivity index (χ1n) is 46.5. The van der Waals surface area contributed by atoms with Crippen LogP contribution < -0.4 is 72.5 Å². The molecule has 0 bridgehead atoms. The number of carbonyl (C=O) groups excluding carboxylic acids is 5. The Morgan fingerprint density at radius 1 is 0.378 bits per heavy atom. The van der Waals surface area contributed by atoms with Crippen molar-refractivity contribution in [2.45, 2.75) is 171 Å². The van der Waals surface area contributed by atoms with Gasteiger partial charge in [0.25, 0.3) is 5.91 Å². The van der Waals surface area contributed by atoms with E-state index < -0.39 is 17.9 Å². The number of guanidine groups is 3. The van der Waals surface area contributed by atoms with Gasteiger partial charge in [-0.3, -0.25) is 38.9 Å². The lowest BCUT2D eigenvalue weighted by Gasteiger charge is -2.15. The van der Waals surface area contributed by atoms with E-state index in [4.69, 9.17) is 92.3 Å². The Balaban J connectivity index is 0.000000171. The molecule has 752 valence electrons. The largest absolute Gasteiger partial charge is 0.370 e. The molecule has 0 aliphatic heterocycles. The van der Waals surface area contributed by atoms with Gasteiger partial charge in [-0.1, -0.05) is 172 Å². The molecule has 4 aliphatic carbocycles. The van der Waals surface area contributed by atoms with Crippen LogP contribution in [-0.4, -0.2) is 110 Å². The van der Waals surface area contributed by atoms with Gasteiger partial charge in [0, 0.05) is 113 Å². The molecule has 5 atom stereocenters. The first-order valence-corrected chi connectivity index (χ1v) is 52.1. The summed E-state index contributed by atoms with van der Waals surface area (Å²) in [6.45, 7) is 25.3. The molecule has 6 heterocycles. The molecule has 5 unspecified atom stereocenters. The topological polar surface area (TPSA) is 460 Å². The molecule has 0 saturated heterocycles. The van der Waals surface area contributed by atoms with Crippen LogP contribution >= 0.6 is 103 Å². The zero-order valence-corrected chi connectivity index (χ0v) is 89.0. The second kappa shape index (κ2) is 52.2. The number of aryl methyl sites for hydroxylation is 11. The second-order valence-electron chi connectivity index (χ2n) is 33.9. The van der Waals surface area contributed by atoms with Crippen LogP contribution in [0.5, 0.6) is 0 Å². The average Bonchev–Trinajstić information content (AvgIpc) is 1.67. The molecule has 6 aromatic heterocycles. The summed E-state index contributed by atoms with van der Waals surface area (Å²) < 4.78 is 29.5. The fraction of sp³-hybridized carbons (Fsp3) is 0.305. The molecule has 143 heavy (non-hydrogen) atoms. The first-order chi connectivity index (χ1) is 68.3. The number of aromatic nitrogens is 6. The van der Waals surface area contributed by atoms with Gasteiger partial charge in [-0.2, -0.15) is 0 Å². The predicted octanol–water partition coefficient (Wildman–Crippen LogP) is 19.2. The number of halogens is 6. The fourth-order valence-corrected chi connectivity index (χ4v) is 21.5. The normalized spacial score (nSPS) is 14.0. The predicted molar refractivity (Wildman–Crippen MR) is 584 cm³/mol. The molecule has 0 fully saturated rings. The van der Waals surface area contributed by atoms with Crippen molar-refractivity contribution in [2.24, 2.45) is 67.9 Å². The molecule has 11 aromatic rings. The smallest absolute Gasteiger partial charge is 0.268 e. The van der Waals surface area contributed by atoms with Crippen molar-refractivity contribution in [2.75, 3.05) is 32.7 Å². The highest BCUT2D eigenvalue weighted by molar-refractivity contribution is 7.13. The van der Waals surface area contributed by atoms with E-state index in [1.54, 1.807) is 87.9 Å². The molecule has 5 amide bonds. The summed E-state index contributed by atoms with van der Waals surface area (Å²) >= 11 is 31.6. The van der Waals surface area contributed by atoms with Gasteiger partial charge >= 0.3 is 0 Å². The minimum absolute atomic E-state index is 0.0139. The third-order valence-electron chi connectivity index (χ3n) is 23.7. The van der Waals surface area contributed by atoms with Crippen molar-refractivity contribution in [1.29, 1.82) is 0 Å². The van der Waals surface area contributed by atoms with Gasteiger partial charge in [0.1, 0.15) is 60.5 Å². The molecule has 27 nitrogen and oxygen atoms in total. The van der Waals surface area contributed by atoms with Gasteiger partial charge in [0.2, 0.25) is 23.6 Å². The third-order valence-corrected chi connectivity index (χ3v) is 31.9.